The lowest BCUT2D eigenvalue weighted by Gasteiger charge is -2.33. The van der Waals surface area contributed by atoms with E-state index < -0.39 is 6.04 Å². The molecule has 0 radical (unpaired) electrons. The highest BCUT2D eigenvalue weighted by atomic mass is 16.2. The Balaban J connectivity index is 2.15. The van der Waals surface area contributed by atoms with Gasteiger partial charge in [-0.15, -0.1) is 6.58 Å². The van der Waals surface area contributed by atoms with Gasteiger partial charge in [0.2, 0.25) is 0 Å². The van der Waals surface area contributed by atoms with Gasteiger partial charge in [0.15, 0.2) is 0 Å². The van der Waals surface area contributed by atoms with Crippen LogP contribution in [0.15, 0.2) is 36.1 Å². The molecule has 0 saturated heterocycles. The van der Waals surface area contributed by atoms with E-state index in [2.05, 4.69) is 37.9 Å². The largest absolute Gasteiger partial charge is 0.331 e. The van der Waals surface area contributed by atoms with E-state index in [-0.39, 0.29) is 18.0 Å². The molecule has 3 amide bonds. The second-order valence-electron chi connectivity index (χ2n) is 7.46. The number of carbonyl (C=O) groups excluding carboxylic acids is 2. The van der Waals surface area contributed by atoms with Crippen molar-refractivity contribution in [3.05, 3.63) is 58.3 Å². The molecule has 1 atom stereocenters. The molecule has 1 N–H and O–H groups in total. The molecule has 0 aromatic heterocycles. The van der Waals surface area contributed by atoms with Crippen molar-refractivity contribution >= 4 is 11.9 Å². The van der Waals surface area contributed by atoms with Gasteiger partial charge in [0.1, 0.15) is 0 Å². The lowest BCUT2D eigenvalue weighted by molar-refractivity contribution is -0.127. The summed E-state index contributed by atoms with van der Waals surface area (Å²) in [6.45, 7) is 14.8. The Hall–Kier alpha value is -2.56. The van der Waals surface area contributed by atoms with Crippen molar-refractivity contribution in [1.82, 2.24) is 15.1 Å². The molecular formula is C21H27N3O2. The summed E-state index contributed by atoms with van der Waals surface area (Å²) in [5, 5.41) is 3.05. The fourth-order valence-electron chi connectivity index (χ4n) is 3.78. The Labute approximate surface area is 155 Å². The van der Waals surface area contributed by atoms with Crippen LogP contribution in [0.25, 0.3) is 0 Å². The van der Waals surface area contributed by atoms with Gasteiger partial charge in [0, 0.05) is 12.6 Å². The summed E-state index contributed by atoms with van der Waals surface area (Å²) in [7, 11) is 0. The van der Waals surface area contributed by atoms with Gasteiger partial charge in [-0.1, -0.05) is 18.2 Å². The molecule has 5 heteroatoms. The average molecular weight is 353 g/mol. The number of amides is 3. The molecule has 1 aromatic rings. The molecule has 2 aliphatic heterocycles. The van der Waals surface area contributed by atoms with E-state index in [4.69, 9.17) is 0 Å². The van der Waals surface area contributed by atoms with Crippen molar-refractivity contribution in [1.29, 1.82) is 0 Å². The van der Waals surface area contributed by atoms with Crippen LogP contribution in [0, 0.1) is 20.8 Å². The number of nitrogens with one attached hydrogen (secondary N) is 1. The van der Waals surface area contributed by atoms with E-state index in [0.29, 0.717) is 18.7 Å². The van der Waals surface area contributed by atoms with Crippen molar-refractivity contribution in [2.75, 3.05) is 13.1 Å². The number of carbonyl (C=O) groups is 2. The normalized spacial score (nSPS) is 20.0. The molecule has 0 bridgehead atoms. The summed E-state index contributed by atoms with van der Waals surface area (Å²) in [5.74, 6) is 0.00619. The highest BCUT2D eigenvalue weighted by molar-refractivity contribution is 6.01. The topological polar surface area (TPSA) is 52.7 Å². The second kappa shape index (κ2) is 6.63. The van der Waals surface area contributed by atoms with E-state index >= 15 is 0 Å². The Morgan fingerprint density at radius 1 is 1.19 bits per heavy atom. The van der Waals surface area contributed by atoms with Crippen LogP contribution in [0.5, 0.6) is 0 Å². The molecule has 5 nitrogen and oxygen atoms in total. The minimum atomic E-state index is -0.408. The Morgan fingerprint density at radius 2 is 1.85 bits per heavy atom. The second-order valence-corrected chi connectivity index (χ2v) is 7.46. The molecular weight excluding hydrogens is 326 g/mol. The maximum Gasteiger partial charge on any atom is 0.322 e. The van der Waals surface area contributed by atoms with Crippen LogP contribution in [-0.2, 0) is 4.79 Å². The van der Waals surface area contributed by atoms with Gasteiger partial charge >= 0.3 is 6.03 Å². The predicted molar refractivity (Wildman–Crippen MR) is 103 cm³/mol. The number of nitrogens with zero attached hydrogens (tertiary/aromatic N) is 2. The van der Waals surface area contributed by atoms with Crippen LogP contribution in [0.4, 0.5) is 4.79 Å². The first-order chi connectivity index (χ1) is 12.3. The molecule has 3 rings (SSSR count). The Morgan fingerprint density at radius 3 is 2.46 bits per heavy atom. The minimum absolute atomic E-state index is 0.00619. The van der Waals surface area contributed by atoms with Gasteiger partial charge in [-0.05, 0) is 56.9 Å². The number of urea groups is 1. The third-order valence-electron chi connectivity index (χ3n) is 5.38. The Bertz CT molecular complexity index is 823. The van der Waals surface area contributed by atoms with Crippen LogP contribution >= 0.6 is 0 Å². The molecule has 138 valence electrons. The average Bonchev–Trinajstić information content (AvgIpc) is 2.91. The maximum atomic E-state index is 13.1. The van der Waals surface area contributed by atoms with Crippen molar-refractivity contribution in [3.8, 4) is 0 Å². The zero-order valence-corrected chi connectivity index (χ0v) is 16.2. The lowest BCUT2D eigenvalue weighted by atomic mass is 9.90. The van der Waals surface area contributed by atoms with Crippen LogP contribution in [0.2, 0.25) is 0 Å². The fraction of sp³-hybridized carbons (Fsp3) is 0.429. The summed E-state index contributed by atoms with van der Waals surface area (Å²) >= 11 is 0. The van der Waals surface area contributed by atoms with Crippen LogP contribution in [0.1, 0.15) is 42.1 Å². The fourth-order valence-corrected chi connectivity index (χ4v) is 3.78. The first-order valence-corrected chi connectivity index (χ1v) is 9.07. The third-order valence-corrected chi connectivity index (χ3v) is 5.38. The highest BCUT2D eigenvalue weighted by Gasteiger charge is 2.44. The quantitative estimate of drug-likeness (QED) is 0.844. The van der Waals surface area contributed by atoms with Gasteiger partial charge in [-0.3, -0.25) is 9.69 Å². The van der Waals surface area contributed by atoms with Crippen molar-refractivity contribution < 1.29 is 9.59 Å². The number of hydrogen-bond acceptors (Lipinski definition) is 2. The molecule has 0 unspecified atom stereocenters. The number of hydrogen-bond donors (Lipinski definition) is 1. The van der Waals surface area contributed by atoms with Gasteiger partial charge < -0.3 is 10.2 Å². The minimum Gasteiger partial charge on any atom is -0.331 e. The van der Waals surface area contributed by atoms with Crippen LogP contribution < -0.4 is 5.32 Å². The van der Waals surface area contributed by atoms with E-state index in [1.54, 1.807) is 11.0 Å². The smallest absolute Gasteiger partial charge is 0.322 e. The summed E-state index contributed by atoms with van der Waals surface area (Å²) < 4.78 is 0. The monoisotopic (exact) mass is 353 g/mol. The van der Waals surface area contributed by atoms with Gasteiger partial charge in [0.05, 0.1) is 23.9 Å². The number of aryl methyl sites for hydroxylation is 3. The first kappa shape index (κ1) is 18.2. The first-order valence-electron chi connectivity index (χ1n) is 9.07. The molecule has 1 aromatic carbocycles. The zero-order chi connectivity index (χ0) is 19.2. The van der Waals surface area contributed by atoms with Crippen molar-refractivity contribution in [2.24, 2.45) is 0 Å². The Kier molecular flexibility index (Phi) is 4.65. The predicted octanol–water partition coefficient (Wildman–Crippen LogP) is 3.37. The van der Waals surface area contributed by atoms with E-state index in [0.717, 1.165) is 22.4 Å². The standard InChI is InChI=1S/C21H27N3O2/c1-7-8-23-17-11-24(12(2)3)20(25)18(17)19(22-21(23)26)16-10-14(5)13(4)9-15(16)6/h7,9-10,12,19H,1,8,11H2,2-6H3,(H,22,26)/t19-/m1/s1. The summed E-state index contributed by atoms with van der Waals surface area (Å²) in [6.07, 6.45) is 1.69. The van der Waals surface area contributed by atoms with E-state index in [1.165, 1.54) is 5.56 Å². The molecule has 0 fully saturated rings. The van der Waals surface area contributed by atoms with Gasteiger partial charge in [-0.2, -0.15) is 0 Å². The number of benzene rings is 1. The zero-order valence-electron chi connectivity index (χ0n) is 16.2. The highest BCUT2D eigenvalue weighted by Crippen LogP contribution is 2.38. The van der Waals surface area contributed by atoms with Crippen molar-refractivity contribution in [2.45, 2.75) is 46.7 Å². The van der Waals surface area contributed by atoms with E-state index in [9.17, 15) is 9.59 Å². The van der Waals surface area contributed by atoms with Gasteiger partial charge in [0.25, 0.3) is 5.91 Å². The third kappa shape index (κ3) is 2.81. The lowest BCUT2D eigenvalue weighted by Crippen LogP contribution is -2.47. The molecule has 26 heavy (non-hydrogen) atoms. The SMILES string of the molecule is C=CCN1C(=O)N[C@H](c2cc(C)c(C)cc2C)C2=C1CN(C(C)C)C2=O. The molecule has 2 heterocycles. The summed E-state index contributed by atoms with van der Waals surface area (Å²) in [4.78, 5) is 29.4. The maximum absolute atomic E-state index is 13.1. The summed E-state index contributed by atoms with van der Waals surface area (Å²) in [6, 6.07) is 3.70. The van der Waals surface area contributed by atoms with Crippen LogP contribution in [0.3, 0.4) is 0 Å². The molecule has 0 saturated carbocycles. The summed E-state index contributed by atoms with van der Waals surface area (Å²) in [5.41, 5.74) is 5.92. The van der Waals surface area contributed by atoms with E-state index in [1.807, 2.05) is 25.7 Å². The van der Waals surface area contributed by atoms with Gasteiger partial charge in [-0.25, -0.2) is 4.79 Å². The van der Waals surface area contributed by atoms with Crippen molar-refractivity contribution in [3.63, 3.8) is 0 Å². The van der Waals surface area contributed by atoms with Crippen LogP contribution in [-0.4, -0.2) is 40.9 Å². The number of rotatable bonds is 4. The molecule has 0 aliphatic carbocycles. The molecule has 0 spiro atoms. The molecule has 2 aliphatic rings.